The van der Waals surface area contributed by atoms with Gasteiger partial charge in [-0.15, -0.1) is 11.3 Å². The molecule has 5 fully saturated rings. The van der Waals surface area contributed by atoms with Crippen LogP contribution in [0.25, 0.3) is 32.1 Å². The highest BCUT2D eigenvalue weighted by Crippen LogP contribution is 2.49. The lowest BCUT2D eigenvalue weighted by Crippen LogP contribution is -2.60. The second kappa shape index (κ2) is 16.5. The summed E-state index contributed by atoms with van der Waals surface area (Å²) in [5, 5.41) is 17.4. The largest absolute Gasteiger partial charge is 0.462 e. The Morgan fingerprint density at radius 1 is 1.08 bits per heavy atom. The number of carbonyl (C=O) groups is 1. The Labute approximate surface area is 376 Å². The van der Waals surface area contributed by atoms with Gasteiger partial charge in [-0.3, -0.25) is 9.69 Å². The minimum Gasteiger partial charge on any atom is -0.462 e. The highest BCUT2D eigenvalue weighted by atomic mass is 32.1. The van der Waals surface area contributed by atoms with Crippen molar-refractivity contribution in [2.24, 2.45) is 11.3 Å². The number of benzene rings is 2. The van der Waals surface area contributed by atoms with E-state index in [9.17, 15) is 10.1 Å². The van der Waals surface area contributed by atoms with Crippen molar-refractivity contribution >= 4 is 54.9 Å². The molecule has 4 unspecified atom stereocenters. The predicted octanol–water partition coefficient (Wildman–Crippen LogP) is 7.92. The molecule has 0 saturated carbocycles. The van der Waals surface area contributed by atoms with Crippen LogP contribution in [0.2, 0.25) is 0 Å². The molecule has 1 amide bonds. The Morgan fingerprint density at radius 3 is 2.48 bits per heavy atom. The number of fused-ring (bicyclic) bond motifs is 4. The highest BCUT2D eigenvalue weighted by Gasteiger charge is 2.47. The smallest absolute Gasteiger partial charge is 0.417 e. The van der Waals surface area contributed by atoms with Gasteiger partial charge in [-0.2, -0.15) is 28.4 Å². The molecule has 0 radical (unpaired) electrons. The average molecular weight is 919 g/mol. The van der Waals surface area contributed by atoms with Gasteiger partial charge in [0, 0.05) is 85.2 Å². The van der Waals surface area contributed by atoms with E-state index in [1.807, 2.05) is 35.8 Å². The number of nitriles is 1. The first-order chi connectivity index (χ1) is 31.1. The first-order valence-corrected chi connectivity index (χ1v) is 23.3. The molecule has 2 bridgehead atoms. The zero-order valence-electron chi connectivity index (χ0n) is 36.5. The van der Waals surface area contributed by atoms with Gasteiger partial charge in [0.1, 0.15) is 40.7 Å². The van der Waals surface area contributed by atoms with Crippen molar-refractivity contribution in [3.8, 4) is 23.2 Å². The number of nitrogen functional groups attached to an aromatic ring is 1. The van der Waals surface area contributed by atoms with Crippen LogP contribution < -0.4 is 25.6 Å². The maximum atomic E-state index is 17.2. The van der Waals surface area contributed by atoms with Gasteiger partial charge in [-0.25, -0.2) is 8.78 Å². The third-order valence-electron chi connectivity index (χ3n) is 14.4. The number of halogens is 5. The van der Waals surface area contributed by atoms with E-state index >= 15 is 22.0 Å². The number of nitrogens with one attached hydrogen (secondary N) is 1. The summed E-state index contributed by atoms with van der Waals surface area (Å²) >= 11 is 0.718. The third kappa shape index (κ3) is 7.78. The molecule has 5 aromatic rings. The zero-order valence-corrected chi connectivity index (χ0v) is 37.3. The number of likely N-dealkylation sites (tertiary alicyclic amines) is 2. The van der Waals surface area contributed by atoms with Crippen LogP contribution in [-0.4, -0.2) is 108 Å². The van der Waals surface area contributed by atoms with Crippen molar-refractivity contribution < 1.29 is 36.0 Å². The number of rotatable bonds is 10. The van der Waals surface area contributed by atoms with Crippen LogP contribution in [0, 0.1) is 34.3 Å². The molecule has 5 saturated heterocycles. The average Bonchev–Trinajstić information content (AvgIpc) is 4.06. The van der Waals surface area contributed by atoms with Crippen LogP contribution in [0.4, 0.5) is 38.6 Å². The normalized spacial score (nSPS) is 22.6. The Bertz CT molecular complexity index is 2690. The number of nitrogens with zero attached hydrogens (tertiary/aromatic N) is 8. The Hall–Kier alpha value is -5.32. The van der Waals surface area contributed by atoms with Gasteiger partial charge in [0.15, 0.2) is 17.4 Å². The lowest BCUT2D eigenvalue weighted by molar-refractivity contribution is -0.137. The summed E-state index contributed by atoms with van der Waals surface area (Å²) in [5.41, 5.74) is 3.06. The number of aromatic nitrogens is 3. The number of alkyl halides is 3. The Balaban J connectivity index is 0.864. The number of ether oxygens (including phenoxy) is 1. The molecular weight excluding hydrogens is 868 g/mol. The van der Waals surface area contributed by atoms with E-state index in [0.717, 1.165) is 107 Å². The second-order valence-corrected chi connectivity index (χ2v) is 20.1. The number of anilines is 3. The zero-order chi connectivity index (χ0) is 45.5. The van der Waals surface area contributed by atoms with Crippen molar-refractivity contribution in [2.45, 2.75) is 89.5 Å². The van der Waals surface area contributed by atoms with Gasteiger partial charge in [0.2, 0.25) is 5.91 Å². The number of carbonyl (C=O) groups excluding carboxylic acids is 1. The fraction of sp³-hybridized carbons (Fsp3) is 0.543. The number of piperidine rings is 1. The van der Waals surface area contributed by atoms with Gasteiger partial charge in [0.25, 0.3) is 0 Å². The van der Waals surface area contributed by atoms with Crippen LogP contribution in [0.1, 0.15) is 82.1 Å². The molecule has 5 aliphatic rings. The molecule has 5 aliphatic heterocycles. The summed E-state index contributed by atoms with van der Waals surface area (Å²) in [6.45, 7) is 11.8. The second-order valence-electron chi connectivity index (χ2n) is 19.0. The monoisotopic (exact) mass is 918 g/mol. The summed E-state index contributed by atoms with van der Waals surface area (Å²) < 4.78 is 89.4. The minimum atomic E-state index is -5.05. The van der Waals surface area contributed by atoms with E-state index in [-0.39, 0.29) is 96.8 Å². The standard InChI is InChI=1S/C46H51F5N10O3S/c1-24(2)35(43(62)61-12-4-5-25(61)3)33-18-34(57-64-33)60-22-45(23-60)10-13-58(14-11-45)15-16-63-44-55-39-29(42(56-44)59-20-26-6-7-27(21-59)54-26)17-31(46(49,50)51)37(38(39)48)28-8-9-32(47)40-36(28)30(19-52)41(53)65-40/h8-9,17-18,24-27,35,54H,4-7,10-16,20-23,53H2,1-3H3. The van der Waals surface area contributed by atoms with Crippen LogP contribution in [-0.2, 0) is 11.0 Å². The first-order valence-electron chi connectivity index (χ1n) is 22.5. The van der Waals surface area contributed by atoms with E-state index in [2.05, 4.69) is 37.2 Å². The fourth-order valence-electron chi connectivity index (χ4n) is 11.0. The van der Waals surface area contributed by atoms with Gasteiger partial charge in [0.05, 0.1) is 15.8 Å². The third-order valence-corrected chi connectivity index (χ3v) is 15.5. The van der Waals surface area contributed by atoms with Crippen molar-refractivity contribution in [3.63, 3.8) is 0 Å². The quantitative estimate of drug-likeness (QED) is 0.131. The van der Waals surface area contributed by atoms with Crippen LogP contribution in [0.3, 0.4) is 0 Å². The topological polar surface area (TPSA) is 153 Å². The highest BCUT2D eigenvalue weighted by molar-refractivity contribution is 7.23. The van der Waals surface area contributed by atoms with E-state index in [1.54, 1.807) is 0 Å². The molecule has 8 heterocycles. The van der Waals surface area contributed by atoms with Crippen molar-refractivity contribution in [1.29, 1.82) is 5.26 Å². The van der Waals surface area contributed by atoms with Crippen molar-refractivity contribution in [1.82, 2.24) is 30.2 Å². The van der Waals surface area contributed by atoms with Gasteiger partial charge in [-0.05, 0) is 82.2 Å². The van der Waals surface area contributed by atoms with Crippen LogP contribution in [0.15, 0.2) is 28.8 Å². The molecule has 19 heteroatoms. The first kappa shape index (κ1) is 43.6. The van der Waals surface area contributed by atoms with E-state index in [1.165, 1.54) is 0 Å². The van der Waals surface area contributed by atoms with E-state index in [4.69, 9.17) is 15.0 Å². The van der Waals surface area contributed by atoms with E-state index in [0.29, 0.717) is 25.4 Å². The van der Waals surface area contributed by atoms with Crippen molar-refractivity contribution in [3.05, 3.63) is 52.8 Å². The molecule has 0 aliphatic carbocycles. The van der Waals surface area contributed by atoms with Crippen molar-refractivity contribution in [2.75, 3.05) is 74.5 Å². The van der Waals surface area contributed by atoms with E-state index < -0.39 is 28.9 Å². The lowest BCUT2D eigenvalue weighted by atomic mass is 9.72. The Morgan fingerprint density at radius 2 is 1.82 bits per heavy atom. The molecule has 65 heavy (non-hydrogen) atoms. The summed E-state index contributed by atoms with van der Waals surface area (Å²) in [6, 6.07) is 6.90. The molecular formula is C46H51F5N10O3S. The molecule has 3 aromatic heterocycles. The molecule has 3 N–H and O–H groups in total. The van der Waals surface area contributed by atoms with Crippen LogP contribution >= 0.6 is 11.3 Å². The number of nitrogens with two attached hydrogens (primary N) is 1. The summed E-state index contributed by atoms with van der Waals surface area (Å²) in [5.74, 6) is -0.778. The summed E-state index contributed by atoms with van der Waals surface area (Å²) in [6.07, 6.45) is 0.656. The van der Waals surface area contributed by atoms with Gasteiger partial charge in [-0.1, -0.05) is 25.1 Å². The van der Waals surface area contributed by atoms with Crippen LogP contribution in [0.5, 0.6) is 6.01 Å². The maximum Gasteiger partial charge on any atom is 0.417 e. The number of hydrogen-bond acceptors (Lipinski definition) is 13. The SMILES string of the molecule is CC(C)C(C(=O)N1CCCC1C)c1cc(N2CC3(CCN(CCOc4nc(N5CC6CCC(C5)N6)c5cc(C(F)(F)F)c(-c6ccc(F)c7sc(N)c(C#N)c67)c(F)c5n4)CC3)C2)no1. The number of amides is 1. The number of hydrogen-bond donors (Lipinski definition) is 2. The lowest BCUT2D eigenvalue weighted by Gasteiger charge is -2.54. The minimum absolute atomic E-state index is 0.0654. The predicted molar refractivity (Wildman–Crippen MR) is 237 cm³/mol. The summed E-state index contributed by atoms with van der Waals surface area (Å²) in [7, 11) is 0. The molecule has 2 aromatic carbocycles. The molecule has 10 rings (SSSR count). The number of piperazine rings is 1. The fourth-order valence-corrected chi connectivity index (χ4v) is 11.9. The summed E-state index contributed by atoms with van der Waals surface area (Å²) in [4.78, 5) is 31.0. The number of thiophene rings is 1. The molecule has 4 atom stereocenters. The van der Waals surface area contributed by atoms with Gasteiger partial charge >= 0.3 is 12.2 Å². The molecule has 344 valence electrons. The maximum absolute atomic E-state index is 17.2. The molecule has 13 nitrogen and oxygen atoms in total. The Kier molecular flexibility index (Phi) is 11.1. The molecule has 1 spiro atoms. The van der Waals surface area contributed by atoms with Gasteiger partial charge < -0.3 is 35.0 Å².